The number of unbranched alkanes of at least 4 members (excludes halogenated alkanes) is 2. The number of aromatic hydroxyl groups is 1. The Morgan fingerprint density at radius 1 is 1.11 bits per heavy atom. The molecule has 0 unspecified atom stereocenters. The van der Waals surface area contributed by atoms with E-state index in [1.807, 2.05) is 12.1 Å². The predicted octanol–water partition coefficient (Wildman–Crippen LogP) is 4.45. The molecule has 0 heterocycles. The van der Waals surface area contributed by atoms with Crippen molar-refractivity contribution in [3.8, 4) is 5.75 Å². The van der Waals surface area contributed by atoms with Crippen molar-refractivity contribution in [3.63, 3.8) is 0 Å². The highest BCUT2D eigenvalue weighted by Crippen LogP contribution is 2.28. The molecule has 0 saturated heterocycles. The van der Waals surface area contributed by atoms with Gasteiger partial charge in [-0.25, -0.2) is 0 Å². The maximum absolute atomic E-state index is 9.94. The average Bonchev–Trinajstić information content (AvgIpc) is 2.38. The first kappa shape index (κ1) is 15.3. The Morgan fingerprint density at radius 2 is 1.72 bits per heavy atom. The molecule has 0 radical (unpaired) electrons. The summed E-state index contributed by atoms with van der Waals surface area (Å²) in [5.74, 6) is 0.233. The zero-order valence-corrected chi connectivity index (χ0v) is 12.2. The summed E-state index contributed by atoms with van der Waals surface area (Å²) >= 11 is 5.94. The average molecular weight is 270 g/mol. The standard InChI is InChI=1S/C15H24ClNO/c1-3-5-10-17(11-6-4-2)12-13-8-7-9-14(16)15(13)18/h7-9,18H,3-6,10-12H2,1-2H3. The minimum Gasteiger partial charge on any atom is -0.506 e. The van der Waals surface area contributed by atoms with Crippen LogP contribution >= 0.6 is 11.6 Å². The van der Waals surface area contributed by atoms with E-state index in [0.29, 0.717) is 5.02 Å². The molecule has 1 aromatic carbocycles. The maximum atomic E-state index is 9.94. The number of rotatable bonds is 8. The van der Waals surface area contributed by atoms with Crippen LogP contribution in [-0.2, 0) is 6.54 Å². The van der Waals surface area contributed by atoms with Crippen molar-refractivity contribution in [1.82, 2.24) is 4.90 Å². The number of benzene rings is 1. The van der Waals surface area contributed by atoms with E-state index in [0.717, 1.165) is 25.2 Å². The lowest BCUT2D eigenvalue weighted by Gasteiger charge is -2.22. The highest BCUT2D eigenvalue weighted by atomic mass is 35.5. The van der Waals surface area contributed by atoms with Crippen molar-refractivity contribution in [2.24, 2.45) is 0 Å². The van der Waals surface area contributed by atoms with Gasteiger partial charge in [-0.05, 0) is 32.0 Å². The summed E-state index contributed by atoms with van der Waals surface area (Å²) < 4.78 is 0. The van der Waals surface area contributed by atoms with Crippen LogP contribution in [0.3, 0.4) is 0 Å². The lowest BCUT2D eigenvalue weighted by Crippen LogP contribution is -2.25. The van der Waals surface area contributed by atoms with Crippen LogP contribution in [0, 0.1) is 0 Å². The van der Waals surface area contributed by atoms with Crippen LogP contribution in [0.25, 0.3) is 0 Å². The number of nitrogens with zero attached hydrogens (tertiary/aromatic N) is 1. The Bertz CT molecular complexity index is 346. The summed E-state index contributed by atoms with van der Waals surface area (Å²) in [6.45, 7) is 7.36. The minimum absolute atomic E-state index is 0.233. The van der Waals surface area contributed by atoms with E-state index in [1.165, 1.54) is 25.7 Å². The Morgan fingerprint density at radius 3 is 2.28 bits per heavy atom. The van der Waals surface area contributed by atoms with Crippen LogP contribution in [0.15, 0.2) is 18.2 Å². The smallest absolute Gasteiger partial charge is 0.138 e. The van der Waals surface area contributed by atoms with Crippen molar-refractivity contribution in [2.45, 2.75) is 46.1 Å². The number of hydrogen-bond acceptors (Lipinski definition) is 2. The molecule has 0 aromatic heterocycles. The third kappa shape index (κ3) is 4.87. The van der Waals surface area contributed by atoms with Crippen molar-refractivity contribution < 1.29 is 5.11 Å². The third-order valence-electron chi connectivity index (χ3n) is 3.12. The number of phenolic OH excluding ortho intramolecular Hbond substituents is 1. The molecule has 102 valence electrons. The highest BCUT2D eigenvalue weighted by molar-refractivity contribution is 6.32. The van der Waals surface area contributed by atoms with Gasteiger partial charge in [0.05, 0.1) is 5.02 Å². The fraction of sp³-hybridized carbons (Fsp3) is 0.600. The van der Waals surface area contributed by atoms with Crippen LogP contribution < -0.4 is 0 Å². The summed E-state index contributed by atoms with van der Waals surface area (Å²) in [5.41, 5.74) is 0.926. The minimum atomic E-state index is 0.233. The van der Waals surface area contributed by atoms with Crippen molar-refractivity contribution in [2.75, 3.05) is 13.1 Å². The van der Waals surface area contributed by atoms with Gasteiger partial charge in [-0.15, -0.1) is 0 Å². The molecule has 1 N–H and O–H groups in total. The second kappa shape index (κ2) is 8.39. The Hall–Kier alpha value is -0.730. The zero-order chi connectivity index (χ0) is 13.4. The van der Waals surface area contributed by atoms with Gasteiger partial charge in [0, 0.05) is 12.1 Å². The second-order valence-electron chi connectivity index (χ2n) is 4.73. The largest absolute Gasteiger partial charge is 0.506 e. The van der Waals surface area contributed by atoms with Gasteiger partial charge in [-0.3, -0.25) is 4.90 Å². The van der Waals surface area contributed by atoms with Gasteiger partial charge in [0.1, 0.15) is 5.75 Å². The van der Waals surface area contributed by atoms with Crippen LogP contribution in [0.5, 0.6) is 5.75 Å². The maximum Gasteiger partial charge on any atom is 0.138 e. The first-order valence-electron chi connectivity index (χ1n) is 6.87. The molecule has 0 aliphatic heterocycles. The van der Waals surface area contributed by atoms with E-state index >= 15 is 0 Å². The molecule has 1 rings (SSSR count). The normalized spacial score (nSPS) is 11.1. The first-order valence-corrected chi connectivity index (χ1v) is 7.25. The summed E-state index contributed by atoms with van der Waals surface area (Å²) in [4.78, 5) is 2.40. The summed E-state index contributed by atoms with van der Waals surface area (Å²) in [6.07, 6.45) is 4.80. The van der Waals surface area contributed by atoms with E-state index in [9.17, 15) is 5.11 Å². The molecule has 18 heavy (non-hydrogen) atoms. The van der Waals surface area contributed by atoms with E-state index < -0.39 is 0 Å². The first-order chi connectivity index (χ1) is 8.69. The molecule has 0 bridgehead atoms. The fourth-order valence-electron chi connectivity index (χ4n) is 1.96. The predicted molar refractivity (Wildman–Crippen MR) is 78.2 cm³/mol. The molecular weight excluding hydrogens is 246 g/mol. The van der Waals surface area contributed by atoms with E-state index in [-0.39, 0.29) is 5.75 Å². The molecule has 0 atom stereocenters. The van der Waals surface area contributed by atoms with Crippen LogP contribution in [0.1, 0.15) is 45.1 Å². The molecule has 3 heteroatoms. The number of hydrogen-bond donors (Lipinski definition) is 1. The van der Waals surface area contributed by atoms with Gasteiger partial charge in [-0.2, -0.15) is 0 Å². The van der Waals surface area contributed by atoms with Gasteiger partial charge >= 0.3 is 0 Å². The molecule has 0 spiro atoms. The molecule has 0 aliphatic rings. The van der Waals surface area contributed by atoms with Crippen LogP contribution in [-0.4, -0.2) is 23.1 Å². The van der Waals surface area contributed by atoms with Gasteiger partial charge in [0.2, 0.25) is 0 Å². The molecular formula is C15H24ClNO. The van der Waals surface area contributed by atoms with Crippen LogP contribution in [0.4, 0.5) is 0 Å². The molecule has 0 saturated carbocycles. The van der Waals surface area contributed by atoms with Crippen molar-refractivity contribution in [1.29, 1.82) is 0 Å². The van der Waals surface area contributed by atoms with Gasteiger partial charge in [-0.1, -0.05) is 50.4 Å². The molecule has 0 fully saturated rings. The van der Waals surface area contributed by atoms with E-state index in [2.05, 4.69) is 18.7 Å². The van der Waals surface area contributed by atoms with Crippen molar-refractivity contribution >= 4 is 11.6 Å². The summed E-state index contributed by atoms with van der Waals surface area (Å²) in [5, 5.41) is 10.4. The van der Waals surface area contributed by atoms with Gasteiger partial charge in [0.25, 0.3) is 0 Å². The van der Waals surface area contributed by atoms with Crippen LogP contribution in [0.2, 0.25) is 5.02 Å². The zero-order valence-electron chi connectivity index (χ0n) is 11.5. The SMILES string of the molecule is CCCCN(CCCC)Cc1cccc(Cl)c1O. The number of para-hydroxylation sites is 1. The molecule has 0 aliphatic carbocycles. The molecule has 2 nitrogen and oxygen atoms in total. The van der Waals surface area contributed by atoms with Gasteiger partial charge in [0.15, 0.2) is 0 Å². The fourth-order valence-corrected chi connectivity index (χ4v) is 2.16. The summed E-state index contributed by atoms with van der Waals surface area (Å²) in [7, 11) is 0. The molecule has 1 aromatic rings. The Labute approximate surface area is 116 Å². The Balaban J connectivity index is 2.65. The second-order valence-corrected chi connectivity index (χ2v) is 5.14. The van der Waals surface area contributed by atoms with E-state index in [4.69, 9.17) is 11.6 Å². The topological polar surface area (TPSA) is 23.5 Å². The Kier molecular flexibility index (Phi) is 7.14. The third-order valence-corrected chi connectivity index (χ3v) is 3.43. The van der Waals surface area contributed by atoms with Crippen molar-refractivity contribution in [3.05, 3.63) is 28.8 Å². The lowest BCUT2D eigenvalue weighted by atomic mass is 10.1. The molecule has 0 amide bonds. The number of halogens is 1. The monoisotopic (exact) mass is 269 g/mol. The van der Waals surface area contributed by atoms with Gasteiger partial charge < -0.3 is 5.11 Å². The highest BCUT2D eigenvalue weighted by Gasteiger charge is 2.10. The van der Waals surface area contributed by atoms with E-state index in [1.54, 1.807) is 6.07 Å². The quantitative estimate of drug-likeness (QED) is 0.754. The lowest BCUT2D eigenvalue weighted by molar-refractivity contribution is 0.254. The number of phenols is 1. The summed E-state index contributed by atoms with van der Waals surface area (Å²) in [6, 6.07) is 5.57.